The summed E-state index contributed by atoms with van der Waals surface area (Å²) in [5.74, 6) is 0.932. The van der Waals surface area contributed by atoms with E-state index in [0.717, 1.165) is 12.5 Å². The Morgan fingerprint density at radius 2 is 1.95 bits per heavy atom. The number of hydrogen-bond donors (Lipinski definition) is 1. The van der Waals surface area contributed by atoms with E-state index in [1.165, 1.54) is 44.5 Å². The fraction of sp³-hybridized carbons (Fsp3) is 0.529. The highest BCUT2D eigenvalue weighted by Crippen LogP contribution is 2.19. The molecule has 0 radical (unpaired) electrons. The van der Waals surface area contributed by atoms with Crippen molar-refractivity contribution in [1.29, 1.82) is 0 Å². The molecule has 1 fully saturated rings. The van der Waals surface area contributed by atoms with Crippen LogP contribution in [0.25, 0.3) is 6.08 Å². The monoisotopic (exact) mass is 258 g/mol. The Morgan fingerprint density at radius 3 is 2.63 bits per heavy atom. The first-order valence-electron chi connectivity index (χ1n) is 7.47. The molecule has 0 aromatic heterocycles. The highest BCUT2D eigenvalue weighted by molar-refractivity contribution is 5.48. The maximum Gasteiger partial charge on any atom is 0.0166 e. The summed E-state index contributed by atoms with van der Waals surface area (Å²) in [6.45, 7) is 4.77. The summed E-state index contributed by atoms with van der Waals surface area (Å²) in [4.78, 5) is 2.56. The molecule has 1 aromatic carbocycles. The molecule has 0 bridgehead atoms. The van der Waals surface area contributed by atoms with Gasteiger partial charge in [0.1, 0.15) is 0 Å². The number of benzene rings is 1. The van der Waals surface area contributed by atoms with Crippen LogP contribution in [0.2, 0.25) is 0 Å². The van der Waals surface area contributed by atoms with Gasteiger partial charge in [0, 0.05) is 6.54 Å². The van der Waals surface area contributed by atoms with Crippen molar-refractivity contribution >= 4 is 6.08 Å². The Morgan fingerprint density at radius 1 is 1.21 bits per heavy atom. The standard InChI is InChI=1S/C17H26N2/c1-18-12-9-17-10-14-19(15-11-17)13-5-8-16-6-3-2-4-7-16/h2-8,17-18H,9-15H2,1H3. The second-order valence-electron chi connectivity index (χ2n) is 5.45. The Balaban J connectivity index is 1.67. The molecule has 1 aliphatic rings. The molecule has 1 saturated heterocycles. The minimum absolute atomic E-state index is 0.932. The molecular formula is C17H26N2. The molecule has 2 heteroatoms. The molecular weight excluding hydrogens is 232 g/mol. The van der Waals surface area contributed by atoms with Gasteiger partial charge < -0.3 is 5.32 Å². The van der Waals surface area contributed by atoms with E-state index < -0.39 is 0 Å². The van der Waals surface area contributed by atoms with Crippen LogP contribution in [0, 0.1) is 5.92 Å². The van der Waals surface area contributed by atoms with Gasteiger partial charge in [-0.3, -0.25) is 4.90 Å². The number of hydrogen-bond acceptors (Lipinski definition) is 2. The predicted octanol–water partition coefficient (Wildman–Crippen LogP) is 3.02. The molecule has 104 valence electrons. The Labute approximate surface area is 117 Å². The lowest BCUT2D eigenvalue weighted by Gasteiger charge is -2.31. The number of piperidine rings is 1. The third-order valence-corrected chi connectivity index (χ3v) is 3.98. The lowest BCUT2D eigenvalue weighted by atomic mass is 9.93. The van der Waals surface area contributed by atoms with Crippen LogP contribution in [-0.2, 0) is 0 Å². The first-order chi connectivity index (χ1) is 9.38. The fourth-order valence-corrected chi connectivity index (χ4v) is 2.71. The second kappa shape index (κ2) is 8.13. The summed E-state index contributed by atoms with van der Waals surface area (Å²) in [7, 11) is 2.05. The third kappa shape index (κ3) is 5.17. The van der Waals surface area contributed by atoms with Gasteiger partial charge in [-0.2, -0.15) is 0 Å². The van der Waals surface area contributed by atoms with Crippen molar-refractivity contribution in [2.24, 2.45) is 5.92 Å². The smallest absolute Gasteiger partial charge is 0.0166 e. The van der Waals surface area contributed by atoms with Crippen LogP contribution in [0.3, 0.4) is 0 Å². The van der Waals surface area contributed by atoms with E-state index in [1.54, 1.807) is 0 Å². The summed E-state index contributed by atoms with van der Waals surface area (Å²) in [6.07, 6.45) is 8.59. The molecule has 0 unspecified atom stereocenters. The van der Waals surface area contributed by atoms with E-state index in [2.05, 4.69) is 52.7 Å². The van der Waals surface area contributed by atoms with Crippen molar-refractivity contribution in [3.63, 3.8) is 0 Å². The van der Waals surface area contributed by atoms with E-state index >= 15 is 0 Å². The van der Waals surface area contributed by atoms with Crippen molar-refractivity contribution in [2.75, 3.05) is 33.2 Å². The molecule has 1 aliphatic heterocycles. The average Bonchev–Trinajstić information content (AvgIpc) is 2.47. The summed E-state index contributed by atoms with van der Waals surface area (Å²) >= 11 is 0. The number of nitrogens with one attached hydrogen (secondary N) is 1. The van der Waals surface area contributed by atoms with Gasteiger partial charge in [-0.15, -0.1) is 0 Å². The molecule has 0 amide bonds. The molecule has 0 spiro atoms. The lowest BCUT2D eigenvalue weighted by molar-refractivity contribution is 0.195. The zero-order valence-electron chi connectivity index (χ0n) is 12.0. The van der Waals surface area contributed by atoms with Crippen molar-refractivity contribution in [2.45, 2.75) is 19.3 Å². The minimum atomic E-state index is 0.932. The topological polar surface area (TPSA) is 15.3 Å². The molecule has 2 rings (SSSR count). The maximum absolute atomic E-state index is 3.25. The molecule has 1 heterocycles. The van der Waals surface area contributed by atoms with Gasteiger partial charge in [0.15, 0.2) is 0 Å². The van der Waals surface area contributed by atoms with Gasteiger partial charge in [0.05, 0.1) is 0 Å². The Bertz CT molecular complexity index is 364. The SMILES string of the molecule is CNCCC1CCN(CC=Cc2ccccc2)CC1. The zero-order valence-corrected chi connectivity index (χ0v) is 12.0. The maximum atomic E-state index is 3.25. The summed E-state index contributed by atoms with van der Waals surface area (Å²) < 4.78 is 0. The number of likely N-dealkylation sites (tertiary alicyclic amines) is 1. The van der Waals surface area contributed by atoms with Gasteiger partial charge in [-0.25, -0.2) is 0 Å². The number of nitrogens with zero attached hydrogens (tertiary/aromatic N) is 1. The van der Waals surface area contributed by atoms with Crippen LogP contribution in [0.15, 0.2) is 36.4 Å². The van der Waals surface area contributed by atoms with Crippen LogP contribution in [0.5, 0.6) is 0 Å². The first kappa shape index (κ1) is 14.3. The molecule has 0 saturated carbocycles. The number of rotatable bonds is 6. The van der Waals surface area contributed by atoms with Crippen molar-refractivity contribution in [3.05, 3.63) is 42.0 Å². The zero-order chi connectivity index (χ0) is 13.3. The second-order valence-corrected chi connectivity index (χ2v) is 5.45. The van der Waals surface area contributed by atoms with Crippen LogP contribution in [-0.4, -0.2) is 38.1 Å². The highest BCUT2D eigenvalue weighted by atomic mass is 15.1. The van der Waals surface area contributed by atoms with Crippen molar-refractivity contribution in [1.82, 2.24) is 10.2 Å². The molecule has 2 nitrogen and oxygen atoms in total. The summed E-state index contributed by atoms with van der Waals surface area (Å²) in [5, 5.41) is 3.25. The van der Waals surface area contributed by atoms with Gasteiger partial charge in [-0.1, -0.05) is 42.5 Å². The molecule has 1 N–H and O–H groups in total. The fourth-order valence-electron chi connectivity index (χ4n) is 2.71. The predicted molar refractivity (Wildman–Crippen MR) is 83.2 cm³/mol. The molecule has 0 aliphatic carbocycles. The average molecular weight is 258 g/mol. The molecule has 0 atom stereocenters. The summed E-state index contributed by atoms with van der Waals surface area (Å²) in [6, 6.07) is 10.5. The van der Waals surface area contributed by atoms with Crippen molar-refractivity contribution < 1.29 is 0 Å². The highest BCUT2D eigenvalue weighted by Gasteiger charge is 2.17. The van der Waals surface area contributed by atoms with E-state index in [1.807, 2.05) is 7.05 Å². The summed E-state index contributed by atoms with van der Waals surface area (Å²) in [5.41, 5.74) is 1.30. The van der Waals surface area contributed by atoms with E-state index in [-0.39, 0.29) is 0 Å². The van der Waals surface area contributed by atoms with Gasteiger partial charge in [0.25, 0.3) is 0 Å². The van der Waals surface area contributed by atoms with Crippen LogP contribution in [0.4, 0.5) is 0 Å². The Hall–Kier alpha value is -1.12. The van der Waals surface area contributed by atoms with Crippen LogP contribution in [0.1, 0.15) is 24.8 Å². The quantitative estimate of drug-likeness (QED) is 0.844. The molecule has 19 heavy (non-hydrogen) atoms. The van der Waals surface area contributed by atoms with Crippen LogP contribution < -0.4 is 5.32 Å². The Kier molecular flexibility index (Phi) is 6.12. The normalized spacial score (nSPS) is 18.2. The minimum Gasteiger partial charge on any atom is -0.320 e. The lowest BCUT2D eigenvalue weighted by Crippen LogP contribution is -2.34. The van der Waals surface area contributed by atoms with Gasteiger partial charge >= 0.3 is 0 Å². The first-order valence-corrected chi connectivity index (χ1v) is 7.47. The van der Waals surface area contributed by atoms with Gasteiger partial charge in [-0.05, 0) is 57.4 Å². The van der Waals surface area contributed by atoms with Gasteiger partial charge in [0.2, 0.25) is 0 Å². The third-order valence-electron chi connectivity index (χ3n) is 3.98. The van der Waals surface area contributed by atoms with Crippen molar-refractivity contribution in [3.8, 4) is 0 Å². The van der Waals surface area contributed by atoms with E-state index in [9.17, 15) is 0 Å². The van der Waals surface area contributed by atoms with E-state index in [4.69, 9.17) is 0 Å². The molecule has 1 aromatic rings. The van der Waals surface area contributed by atoms with Crippen LogP contribution >= 0.6 is 0 Å². The van der Waals surface area contributed by atoms with E-state index in [0.29, 0.717) is 0 Å². The largest absolute Gasteiger partial charge is 0.320 e.